The fourth-order valence-electron chi connectivity index (χ4n) is 1.66. The van der Waals surface area contributed by atoms with Gasteiger partial charge in [0.05, 0.1) is 0 Å². The van der Waals surface area contributed by atoms with E-state index >= 15 is 0 Å². The second-order valence-electron chi connectivity index (χ2n) is 2.98. The van der Waals surface area contributed by atoms with Gasteiger partial charge >= 0.3 is 0 Å². The molecule has 0 unspecified atom stereocenters. The lowest BCUT2D eigenvalue weighted by atomic mass is 10.1. The quantitative estimate of drug-likeness (QED) is 0.733. The first kappa shape index (κ1) is 10.8. The van der Waals surface area contributed by atoms with E-state index < -0.39 is 0 Å². The molecule has 0 amide bonds. The molecule has 0 atom stereocenters. The normalized spacial score (nSPS) is 9.71. The third kappa shape index (κ3) is 1.79. The van der Waals surface area contributed by atoms with E-state index in [9.17, 15) is 0 Å². The third-order valence-corrected chi connectivity index (χ3v) is 2.24. The molecule has 2 heteroatoms. The van der Waals surface area contributed by atoms with Crippen molar-refractivity contribution in [3.63, 3.8) is 0 Å². The van der Waals surface area contributed by atoms with E-state index in [0.29, 0.717) is 0 Å². The van der Waals surface area contributed by atoms with Gasteiger partial charge in [0, 0.05) is 18.7 Å². The van der Waals surface area contributed by atoms with Gasteiger partial charge in [-0.05, 0) is 31.0 Å². The Kier molecular flexibility index (Phi) is 3.69. The Bertz CT molecular complexity index is 407. The van der Waals surface area contributed by atoms with Crippen LogP contribution in [0.15, 0.2) is 18.3 Å². The minimum absolute atomic E-state index is 0. The molecule has 1 N–H and O–H groups in total. The summed E-state index contributed by atoms with van der Waals surface area (Å²) in [6, 6.07) is 4.10. The Balaban J connectivity index is 0.000000617. The van der Waals surface area contributed by atoms with Crippen LogP contribution in [0.2, 0.25) is 0 Å². The number of hydrogen-bond donors (Lipinski definition) is 1. The first-order valence-corrected chi connectivity index (χ1v) is 5.25. The highest BCUT2D eigenvalue weighted by atomic mass is 14.9. The monoisotopic (exact) mass is 192 g/mol. The Hall–Kier alpha value is -1.31. The largest absolute Gasteiger partial charge is 0.343 e. The second-order valence-corrected chi connectivity index (χ2v) is 2.98. The van der Waals surface area contributed by atoms with Gasteiger partial charge in [0.1, 0.15) is 5.65 Å². The number of nitrogens with zero attached hydrogens (tertiary/aromatic N) is 1. The van der Waals surface area contributed by atoms with Crippen LogP contribution >= 0.6 is 0 Å². The summed E-state index contributed by atoms with van der Waals surface area (Å²) in [7, 11) is 0. The zero-order chi connectivity index (χ0) is 10.6. The van der Waals surface area contributed by atoms with Crippen molar-refractivity contribution in [2.45, 2.75) is 34.1 Å². The molecule has 2 aromatic rings. The highest BCUT2D eigenvalue weighted by Gasteiger charge is 2.05. The predicted octanol–water partition coefficient (Wildman–Crippen LogP) is 3.71. The summed E-state index contributed by atoms with van der Waals surface area (Å²) in [6.07, 6.45) is 2.88. The number of aromatic nitrogens is 2. The average Bonchev–Trinajstić information content (AvgIpc) is 2.56. The van der Waals surface area contributed by atoms with Crippen molar-refractivity contribution in [1.82, 2.24) is 9.97 Å². The standard InChI is InChI=1S/C10H12N2.C2H6.H2/c1-3-8-7(2)12-10-9(8)5-4-6-11-10;1-2;/h4-6H,3H2,1-2H3,(H,11,12);1-2H3;1H. The molecule has 0 aromatic carbocycles. The molecule has 0 saturated carbocycles. The van der Waals surface area contributed by atoms with E-state index in [1.54, 1.807) is 0 Å². The predicted molar refractivity (Wildman–Crippen MR) is 63.7 cm³/mol. The molecule has 2 heterocycles. The zero-order valence-corrected chi connectivity index (χ0v) is 9.39. The van der Waals surface area contributed by atoms with E-state index in [0.717, 1.165) is 12.1 Å². The van der Waals surface area contributed by atoms with Crippen molar-refractivity contribution >= 4 is 11.0 Å². The molecule has 2 nitrogen and oxygen atoms in total. The molecule has 2 aromatic heterocycles. The Morgan fingerprint density at radius 3 is 2.79 bits per heavy atom. The summed E-state index contributed by atoms with van der Waals surface area (Å²) in [4.78, 5) is 7.52. The summed E-state index contributed by atoms with van der Waals surface area (Å²) in [5.74, 6) is 0. The summed E-state index contributed by atoms with van der Waals surface area (Å²) < 4.78 is 0. The summed E-state index contributed by atoms with van der Waals surface area (Å²) in [5, 5.41) is 1.26. The van der Waals surface area contributed by atoms with Crippen LogP contribution in [0, 0.1) is 6.92 Å². The molecule has 0 fully saturated rings. The Labute approximate surface area is 86.9 Å². The van der Waals surface area contributed by atoms with Gasteiger partial charge in [-0.15, -0.1) is 0 Å². The molecule has 0 saturated heterocycles. The number of pyridine rings is 1. The molecule has 0 radical (unpaired) electrons. The maximum atomic E-state index is 4.26. The summed E-state index contributed by atoms with van der Waals surface area (Å²) >= 11 is 0. The van der Waals surface area contributed by atoms with Crippen molar-refractivity contribution in [3.8, 4) is 0 Å². The van der Waals surface area contributed by atoms with E-state index in [1.807, 2.05) is 26.1 Å². The second kappa shape index (κ2) is 4.80. The maximum absolute atomic E-state index is 4.26. The first-order chi connectivity index (χ1) is 6.83. The van der Waals surface area contributed by atoms with Crippen molar-refractivity contribution in [3.05, 3.63) is 29.6 Å². The maximum Gasteiger partial charge on any atom is 0.137 e. The number of nitrogens with one attached hydrogen (secondary N) is 1. The minimum Gasteiger partial charge on any atom is -0.343 e. The first-order valence-electron chi connectivity index (χ1n) is 5.25. The molecule has 0 aliphatic heterocycles. The fourth-order valence-corrected chi connectivity index (χ4v) is 1.66. The Morgan fingerprint density at radius 2 is 2.14 bits per heavy atom. The van der Waals surface area contributed by atoms with Crippen LogP contribution in [0.3, 0.4) is 0 Å². The van der Waals surface area contributed by atoms with Crippen molar-refractivity contribution < 1.29 is 1.43 Å². The molecule has 0 spiro atoms. The fraction of sp³-hybridized carbons (Fsp3) is 0.417. The highest BCUT2D eigenvalue weighted by molar-refractivity contribution is 5.80. The van der Waals surface area contributed by atoms with Gasteiger partial charge in [0.2, 0.25) is 0 Å². The van der Waals surface area contributed by atoms with Crippen LogP contribution in [0.4, 0.5) is 0 Å². The van der Waals surface area contributed by atoms with Gasteiger partial charge in [-0.3, -0.25) is 0 Å². The third-order valence-electron chi connectivity index (χ3n) is 2.24. The van der Waals surface area contributed by atoms with Crippen molar-refractivity contribution in [1.29, 1.82) is 0 Å². The van der Waals surface area contributed by atoms with Crippen LogP contribution in [0.1, 0.15) is 33.5 Å². The average molecular weight is 192 g/mol. The van der Waals surface area contributed by atoms with E-state index in [1.165, 1.54) is 16.6 Å². The van der Waals surface area contributed by atoms with Crippen LogP contribution in [0.5, 0.6) is 0 Å². The summed E-state index contributed by atoms with van der Waals surface area (Å²) in [6.45, 7) is 8.27. The number of H-pyrrole nitrogens is 1. The number of hydrogen-bond acceptors (Lipinski definition) is 1. The van der Waals surface area contributed by atoms with Gasteiger partial charge in [-0.2, -0.15) is 0 Å². The molecule has 0 aliphatic carbocycles. The number of fused-ring (bicyclic) bond motifs is 1. The van der Waals surface area contributed by atoms with E-state index in [2.05, 4.69) is 29.9 Å². The van der Waals surface area contributed by atoms with Gasteiger partial charge < -0.3 is 4.98 Å². The Morgan fingerprint density at radius 1 is 1.43 bits per heavy atom. The number of rotatable bonds is 1. The molecular formula is C12H20N2. The van der Waals surface area contributed by atoms with Gasteiger partial charge in [0.25, 0.3) is 0 Å². The van der Waals surface area contributed by atoms with Gasteiger partial charge in [0.15, 0.2) is 0 Å². The van der Waals surface area contributed by atoms with Crippen LogP contribution in [-0.4, -0.2) is 9.97 Å². The van der Waals surface area contributed by atoms with Gasteiger partial charge in [-0.25, -0.2) is 4.98 Å². The topological polar surface area (TPSA) is 28.7 Å². The lowest BCUT2D eigenvalue weighted by Gasteiger charge is -1.92. The molecule has 0 bridgehead atoms. The summed E-state index contributed by atoms with van der Waals surface area (Å²) in [5.41, 5.74) is 3.64. The highest BCUT2D eigenvalue weighted by Crippen LogP contribution is 2.19. The van der Waals surface area contributed by atoms with Crippen LogP contribution in [-0.2, 0) is 6.42 Å². The number of aryl methyl sites for hydroxylation is 2. The molecule has 0 aliphatic rings. The SMILES string of the molecule is CC.CCc1c(C)[nH]c2ncccc12.[HH]. The van der Waals surface area contributed by atoms with Crippen LogP contribution in [0.25, 0.3) is 11.0 Å². The smallest absolute Gasteiger partial charge is 0.137 e. The molecule has 2 rings (SSSR count). The van der Waals surface area contributed by atoms with E-state index in [-0.39, 0.29) is 1.43 Å². The number of aromatic amines is 1. The van der Waals surface area contributed by atoms with Crippen molar-refractivity contribution in [2.24, 2.45) is 0 Å². The minimum atomic E-state index is 0. The van der Waals surface area contributed by atoms with Gasteiger partial charge in [-0.1, -0.05) is 20.8 Å². The lowest BCUT2D eigenvalue weighted by molar-refractivity contribution is 1.11. The van der Waals surface area contributed by atoms with E-state index in [4.69, 9.17) is 0 Å². The van der Waals surface area contributed by atoms with Crippen LogP contribution < -0.4 is 0 Å². The van der Waals surface area contributed by atoms with Crippen molar-refractivity contribution in [2.75, 3.05) is 0 Å². The zero-order valence-electron chi connectivity index (χ0n) is 9.39. The molecule has 14 heavy (non-hydrogen) atoms. The lowest BCUT2D eigenvalue weighted by Crippen LogP contribution is -1.79. The molecule has 78 valence electrons. The molecular weight excluding hydrogens is 172 g/mol.